The number of amides is 1. The summed E-state index contributed by atoms with van der Waals surface area (Å²) in [4.78, 5) is 23.3. The molecule has 0 aromatic heterocycles. The number of quaternary nitrogens is 1. The van der Waals surface area contributed by atoms with E-state index in [9.17, 15) is 19.4 Å². The second kappa shape index (κ2) is 48.0. The van der Waals surface area contributed by atoms with Gasteiger partial charge in [0.15, 0.2) is 0 Å². The number of phosphoric acid groups is 1. The highest BCUT2D eigenvalue weighted by Gasteiger charge is 2.28. The van der Waals surface area contributed by atoms with Crippen LogP contribution in [0.25, 0.3) is 0 Å². The van der Waals surface area contributed by atoms with Gasteiger partial charge in [-0.05, 0) is 44.9 Å². The van der Waals surface area contributed by atoms with Crippen LogP contribution in [0.2, 0.25) is 0 Å². The number of nitrogens with one attached hydrogen (secondary N) is 1. The van der Waals surface area contributed by atoms with E-state index in [1.165, 1.54) is 199 Å². The molecule has 0 spiro atoms. The molecule has 0 aliphatic carbocycles. The van der Waals surface area contributed by atoms with E-state index in [4.69, 9.17) is 9.05 Å². The fourth-order valence-electron chi connectivity index (χ4n) is 8.49. The number of carbonyl (C=O) groups excluding carboxylic acids is 1. The van der Waals surface area contributed by atoms with Crippen molar-refractivity contribution >= 4 is 13.7 Å². The fraction of sp³-hybridized carbons (Fsp3) is 0.911. The van der Waals surface area contributed by atoms with E-state index in [1.54, 1.807) is 0 Å². The predicted molar refractivity (Wildman–Crippen MR) is 281 cm³/mol. The number of rotatable bonds is 52. The Morgan fingerprint density at radius 3 is 1.29 bits per heavy atom. The van der Waals surface area contributed by atoms with E-state index in [-0.39, 0.29) is 19.1 Å². The lowest BCUT2D eigenvalue weighted by atomic mass is 10.0. The minimum atomic E-state index is -4.32. The van der Waals surface area contributed by atoms with Crippen molar-refractivity contribution in [2.45, 2.75) is 289 Å². The van der Waals surface area contributed by atoms with Gasteiger partial charge >= 0.3 is 7.82 Å². The largest absolute Gasteiger partial charge is 0.472 e. The zero-order valence-electron chi connectivity index (χ0n) is 44.0. The first-order valence-corrected chi connectivity index (χ1v) is 29.7. The van der Waals surface area contributed by atoms with E-state index < -0.39 is 20.0 Å². The highest BCUT2D eigenvalue weighted by Crippen LogP contribution is 2.43. The lowest BCUT2D eigenvalue weighted by Gasteiger charge is -2.26. The normalized spacial score (nSPS) is 14.1. The minimum Gasteiger partial charge on any atom is -0.391 e. The maximum absolute atomic E-state index is 13.0. The number of aliphatic hydroxyl groups excluding tert-OH is 1. The van der Waals surface area contributed by atoms with Crippen LogP contribution in [0, 0.1) is 0 Å². The molecule has 3 atom stereocenters. The lowest BCUT2D eigenvalue weighted by molar-refractivity contribution is -0.870. The molecule has 3 unspecified atom stereocenters. The highest BCUT2D eigenvalue weighted by molar-refractivity contribution is 7.47. The topological polar surface area (TPSA) is 105 Å². The van der Waals surface area contributed by atoms with Crippen LogP contribution in [0.1, 0.15) is 277 Å². The molecular weight excluding hydrogens is 828 g/mol. The maximum atomic E-state index is 13.0. The van der Waals surface area contributed by atoms with Gasteiger partial charge in [0.25, 0.3) is 0 Å². The summed E-state index contributed by atoms with van der Waals surface area (Å²) in [6, 6.07) is -0.764. The van der Waals surface area contributed by atoms with E-state index in [2.05, 4.69) is 43.5 Å². The standard InChI is InChI=1S/C56H111N2O6P/c1-6-8-10-12-14-16-18-20-22-24-25-26-27-28-29-30-31-32-34-35-37-39-41-43-45-47-49-55(59)54(53-64-65(61,62)63-52-51-58(3,4)5)57-56(60)50-48-46-44-42-40-38-36-33-23-21-19-17-15-13-11-9-7-2/h15,17,21,23,54-55,59H,6-14,16,18-20,22,24-53H2,1-5H3,(H-,57,60,61,62)/p+1/b17-15-,23-21-. The average Bonchev–Trinajstić information content (AvgIpc) is 3.26. The molecule has 0 aromatic rings. The molecule has 0 heterocycles. The van der Waals surface area contributed by atoms with Crippen molar-refractivity contribution in [2.75, 3.05) is 40.9 Å². The summed E-state index contributed by atoms with van der Waals surface area (Å²) in [7, 11) is 1.62. The first kappa shape index (κ1) is 64.0. The monoisotopic (exact) mass is 940 g/mol. The Bertz CT molecular complexity index is 1110. The molecule has 0 saturated heterocycles. The summed E-state index contributed by atoms with van der Waals surface area (Å²) < 4.78 is 23.8. The summed E-state index contributed by atoms with van der Waals surface area (Å²) in [5.74, 6) is -0.149. The number of likely N-dealkylation sites (N-methyl/N-ethyl adjacent to an activating group) is 1. The lowest BCUT2D eigenvalue weighted by Crippen LogP contribution is -2.46. The van der Waals surface area contributed by atoms with Crippen LogP contribution in [0.15, 0.2) is 24.3 Å². The van der Waals surface area contributed by atoms with Crippen molar-refractivity contribution in [3.05, 3.63) is 24.3 Å². The molecule has 9 heteroatoms. The first-order chi connectivity index (χ1) is 31.5. The van der Waals surface area contributed by atoms with Crippen molar-refractivity contribution in [1.82, 2.24) is 5.32 Å². The number of allylic oxidation sites excluding steroid dienone is 4. The van der Waals surface area contributed by atoms with Gasteiger partial charge in [0, 0.05) is 6.42 Å². The van der Waals surface area contributed by atoms with Gasteiger partial charge in [-0.2, -0.15) is 0 Å². The molecule has 0 aliphatic heterocycles. The molecule has 3 N–H and O–H groups in total. The number of nitrogens with zero attached hydrogens (tertiary/aromatic N) is 1. The van der Waals surface area contributed by atoms with Gasteiger partial charge in [-0.1, -0.05) is 250 Å². The van der Waals surface area contributed by atoms with Gasteiger partial charge < -0.3 is 19.8 Å². The summed E-state index contributed by atoms with van der Waals surface area (Å²) >= 11 is 0. The molecule has 0 aromatic carbocycles. The third-order valence-corrected chi connectivity index (χ3v) is 13.9. The Balaban J connectivity index is 4.14. The van der Waals surface area contributed by atoms with Gasteiger partial charge in [-0.15, -0.1) is 0 Å². The Kier molecular flexibility index (Phi) is 47.3. The van der Waals surface area contributed by atoms with Crippen LogP contribution < -0.4 is 5.32 Å². The van der Waals surface area contributed by atoms with Crippen molar-refractivity contribution in [2.24, 2.45) is 0 Å². The van der Waals surface area contributed by atoms with Crippen molar-refractivity contribution in [1.29, 1.82) is 0 Å². The average molecular weight is 940 g/mol. The number of hydrogen-bond acceptors (Lipinski definition) is 5. The zero-order valence-corrected chi connectivity index (χ0v) is 44.9. The summed E-state index contributed by atoms with van der Waals surface area (Å²) in [5, 5.41) is 14.1. The van der Waals surface area contributed by atoms with E-state index in [1.807, 2.05) is 21.1 Å². The molecule has 0 fully saturated rings. The summed E-state index contributed by atoms with van der Waals surface area (Å²) in [5.41, 5.74) is 0. The van der Waals surface area contributed by atoms with E-state index in [0.29, 0.717) is 23.9 Å². The van der Waals surface area contributed by atoms with Crippen LogP contribution in [0.3, 0.4) is 0 Å². The first-order valence-electron chi connectivity index (χ1n) is 28.2. The fourth-order valence-corrected chi connectivity index (χ4v) is 9.23. The zero-order chi connectivity index (χ0) is 47.8. The molecule has 0 rings (SSSR count). The maximum Gasteiger partial charge on any atom is 0.472 e. The van der Waals surface area contributed by atoms with Crippen molar-refractivity contribution in [3.8, 4) is 0 Å². The Hall–Kier alpha value is -1.02. The molecular formula is C56H112N2O6P+. The second-order valence-electron chi connectivity index (χ2n) is 20.7. The molecule has 1 amide bonds. The third-order valence-electron chi connectivity index (χ3n) is 13.0. The quantitative estimate of drug-likeness (QED) is 0.0243. The minimum absolute atomic E-state index is 0.0740. The molecule has 0 bridgehead atoms. The van der Waals surface area contributed by atoms with E-state index >= 15 is 0 Å². The van der Waals surface area contributed by atoms with Gasteiger partial charge in [-0.3, -0.25) is 13.8 Å². The Morgan fingerprint density at radius 2 is 0.877 bits per heavy atom. The number of hydrogen-bond donors (Lipinski definition) is 3. The molecule has 8 nitrogen and oxygen atoms in total. The Morgan fingerprint density at radius 1 is 0.523 bits per heavy atom. The van der Waals surface area contributed by atoms with E-state index in [0.717, 1.165) is 51.4 Å². The molecule has 65 heavy (non-hydrogen) atoms. The number of carbonyl (C=O) groups is 1. The van der Waals surface area contributed by atoms with Gasteiger partial charge in [0.2, 0.25) is 5.91 Å². The van der Waals surface area contributed by atoms with Crippen LogP contribution in [0.4, 0.5) is 0 Å². The van der Waals surface area contributed by atoms with Crippen LogP contribution in [0.5, 0.6) is 0 Å². The van der Waals surface area contributed by atoms with Gasteiger partial charge in [0.05, 0.1) is 39.9 Å². The number of phosphoric ester groups is 1. The second-order valence-corrected chi connectivity index (χ2v) is 22.1. The van der Waals surface area contributed by atoms with Crippen molar-refractivity contribution in [3.63, 3.8) is 0 Å². The van der Waals surface area contributed by atoms with Crippen molar-refractivity contribution < 1.29 is 32.9 Å². The summed E-state index contributed by atoms with van der Waals surface area (Å²) in [6.45, 7) is 4.89. The van der Waals surface area contributed by atoms with Gasteiger partial charge in [-0.25, -0.2) is 4.57 Å². The number of unbranched alkanes of at least 4 members (excludes halogenated alkanes) is 35. The van der Waals surface area contributed by atoms with Crippen LogP contribution in [-0.2, 0) is 18.4 Å². The smallest absolute Gasteiger partial charge is 0.391 e. The van der Waals surface area contributed by atoms with Crippen LogP contribution >= 0.6 is 7.82 Å². The SMILES string of the molecule is CCCCC/C=C\C/C=C\CCCCCCCCCC(=O)NC(COP(=O)(O)OCC[N+](C)(C)C)C(O)CCCCCCCCCCCCCCCCCCCCCCCCCCCC. The molecule has 0 aliphatic rings. The molecule has 386 valence electrons. The number of aliphatic hydroxyl groups is 1. The Labute approximate surface area is 404 Å². The predicted octanol–water partition coefficient (Wildman–Crippen LogP) is 16.8. The highest BCUT2D eigenvalue weighted by atomic mass is 31.2. The molecule has 0 saturated carbocycles. The van der Waals surface area contributed by atoms with Crippen LogP contribution in [-0.4, -0.2) is 73.4 Å². The third kappa shape index (κ3) is 50.7. The molecule has 0 radical (unpaired) electrons. The summed E-state index contributed by atoms with van der Waals surface area (Å²) in [6.07, 6.45) is 59.4. The van der Waals surface area contributed by atoms with Gasteiger partial charge in [0.1, 0.15) is 13.2 Å².